The Bertz CT molecular complexity index is 718. The third kappa shape index (κ3) is 4.41. The number of rotatable bonds is 6. The van der Waals surface area contributed by atoms with Crippen LogP contribution < -0.4 is 4.74 Å². The Morgan fingerprint density at radius 1 is 1.00 bits per heavy atom. The summed E-state index contributed by atoms with van der Waals surface area (Å²) in [5.74, 6) is 1.70. The lowest BCUT2D eigenvalue weighted by Gasteiger charge is -2.28. The summed E-state index contributed by atoms with van der Waals surface area (Å²) in [6, 6.07) is 12.5. The largest absolute Gasteiger partial charge is 0.491 e. The van der Waals surface area contributed by atoms with Crippen LogP contribution >= 0.6 is 22.6 Å². The highest BCUT2D eigenvalue weighted by Crippen LogP contribution is 2.38. The van der Waals surface area contributed by atoms with Gasteiger partial charge >= 0.3 is 0 Å². The third-order valence-corrected chi connectivity index (χ3v) is 6.64. The summed E-state index contributed by atoms with van der Waals surface area (Å²) < 4.78 is 20.5. The van der Waals surface area contributed by atoms with Gasteiger partial charge in [0.25, 0.3) is 0 Å². The molecule has 140 valence electrons. The zero-order valence-electron chi connectivity index (χ0n) is 15.7. The van der Waals surface area contributed by atoms with E-state index in [0.717, 1.165) is 17.0 Å². The Morgan fingerprint density at radius 2 is 1.69 bits per heavy atom. The molecule has 2 aromatic rings. The molecule has 1 saturated carbocycles. The molecule has 1 fully saturated rings. The Kier molecular flexibility index (Phi) is 6.96. The summed E-state index contributed by atoms with van der Waals surface area (Å²) in [4.78, 5) is 0. The summed E-state index contributed by atoms with van der Waals surface area (Å²) in [5, 5.41) is 0. The monoisotopic (exact) mass is 466 g/mol. The fourth-order valence-electron chi connectivity index (χ4n) is 4.15. The Morgan fingerprint density at radius 3 is 2.31 bits per heavy atom. The van der Waals surface area contributed by atoms with Crippen LogP contribution in [0.25, 0.3) is 11.1 Å². The Hall–Kier alpha value is -1.10. The van der Waals surface area contributed by atoms with Crippen LogP contribution in [0.5, 0.6) is 5.75 Å². The predicted molar refractivity (Wildman–Crippen MR) is 115 cm³/mol. The molecular weight excluding hydrogens is 438 g/mol. The zero-order valence-corrected chi connectivity index (χ0v) is 17.9. The van der Waals surface area contributed by atoms with E-state index in [-0.39, 0.29) is 5.82 Å². The maximum atomic E-state index is 14.5. The highest BCUT2D eigenvalue weighted by molar-refractivity contribution is 14.1. The summed E-state index contributed by atoms with van der Waals surface area (Å²) >= 11 is 2.08. The van der Waals surface area contributed by atoms with Gasteiger partial charge in [0.2, 0.25) is 0 Å². The van der Waals surface area contributed by atoms with E-state index >= 15 is 0 Å². The lowest BCUT2D eigenvalue weighted by molar-refractivity contribution is 0.308. The molecule has 0 amide bonds. The van der Waals surface area contributed by atoms with E-state index < -0.39 is 0 Å². The standard InChI is InChI=1S/C23H28FIO/c1-3-5-16-6-8-17(9-7-16)18-10-12-19(13-11-18)20-14-15-21(26-4-2)22(24)23(20)25/h10-17H,3-9H2,1-2H3. The summed E-state index contributed by atoms with van der Waals surface area (Å²) in [6.45, 7) is 4.63. The van der Waals surface area contributed by atoms with Gasteiger partial charge in [-0.15, -0.1) is 0 Å². The van der Waals surface area contributed by atoms with E-state index in [0.29, 0.717) is 21.8 Å². The first-order valence-electron chi connectivity index (χ1n) is 9.85. The van der Waals surface area contributed by atoms with Crippen molar-refractivity contribution < 1.29 is 9.13 Å². The summed E-state index contributed by atoms with van der Waals surface area (Å²) in [6.07, 6.45) is 8.03. The lowest BCUT2D eigenvalue weighted by atomic mass is 9.77. The highest BCUT2D eigenvalue weighted by Gasteiger charge is 2.22. The maximum Gasteiger partial charge on any atom is 0.178 e. The molecule has 3 rings (SSSR count). The first-order chi connectivity index (χ1) is 12.6. The van der Waals surface area contributed by atoms with Crippen molar-refractivity contribution in [3.63, 3.8) is 0 Å². The molecule has 0 aromatic heterocycles. The van der Waals surface area contributed by atoms with Crippen LogP contribution in [0.1, 0.15) is 63.9 Å². The molecule has 3 heteroatoms. The van der Waals surface area contributed by atoms with Crippen LogP contribution in [-0.2, 0) is 0 Å². The Balaban J connectivity index is 1.73. The molecule has 2 aromatic carbocycles. The molecule has 1 nitrogen and oxygen atoms in total. The van der Waals surface area contributed by atoms with Gasteiger partial charge in [0.15, 0.2) is 11.6 Å². The van der Waals surface area contributed by atoms with Crippen molar-refractivity contribution in [2.24, 2.45) is 5.92 Å². The van der Waals surface area contributed by atoms with Crippen LogP contribution in [-0.4, -0.2) is 6.61 Å². The minimum atomic E-state index is -0.261. The quantitative estimate of drug-likeness (QED) is 0.399. The average molecular weight is 466 g/mol. The zero-order chi connectivity index (χ0) is 18.5. The number of benzene rings is 2. The van der Waals surface area contributed by atoms with Gasteiger partial charge in [0.1, 0.15) is 0 Å². The van der Waals surface area contributed by atoms with E-state index in [9.17, 15) is 4.39 Å². The van der Waals surface area contributed by atoms with Crippen LogP contribution in [0.15, 0.2) is 36.4 Å². The first kappa shape index (κ1) is 19.7. The second kappa shape index (κ2) is 9.20. The smallest absolute Gasteiger partial charge is 0.178 e. The van der Waals surface area contributed by atoms with E-state index in [1.807, 2.05) is 13.0 Å². The molecule has 0 aliphatic heterocycles. The minimum absolute atomic E-state index is 0.261. The summed E-state index contributed by atoms with van der Waals surface area (Å²) in [7, 11) is 0. The molecule has 0 N–H and O–H groups in total. The van der Waals surface area contributed by atoms with Crippen molar-refractivity contribution in [2.75, 3.05) is 6.61 Å². The number of halogens is 2. The molecule has 26 heavy (non-hydrogen) atoms. The molecule has 0 radical (unpaired) electrons. The number of hydrogen-bond acceptors (Lipinski definition) is 1. The minimum Gasteiger partial charge on any atom is -0.491 e. The van der Waals surface area contributed by atoms with E-state index in [2.05, 4.69) is 53.8 Å². The van der Waals surface area contributed by atoms with Gasteiger partial charge < -0.3 is 4.74 Å². The lowest BCUT2D eigenvalue weighted by Crippen LogP contribution is -2.13. The molecule has 0 saturated heterocycles. The SMILES string of the molecule is CCCC1CCC(c2ccc(-c3ccc(OCC)c(F)c3I)cc2)CC1. The molecular formula is C23H28FIO. The van der Waals surface area contributed by atoms with Gasteiger partial charge in [-0.3, -0.25) is 0 Å². The van der Waals surface area contributed by atoms with E-state index in [4.69, 9.17) is 4.74 Å². The van der Waals surface area contributed by atoms with Gasteiger partial charge in [-0.25, -0.2) is 4.39 Å². The van der Waals surface area contributed by atoms with E-state index in [1.165, 1.54) is 44.1 Å². The molecule has 0 unspecified atom stereocenters. The second-order valence-corrected chi connectivity index (χ2v) is 8.38. The van der Waals surface area contributed by atoms with E-state index in [1.54, 1.807) is 6.07 Å². The molecule has 1 aliphatic carbocycles. The average Bonchev–Trinajstić information content (AvgIpc) is 2.67. The fourth-order valence-corrected chi connectivity index (χ4v) is 4.91. The molecule has 0 spiro atoms. The van der Waals surface area contributed by atoms with Gasteiger partial charge in [-0.05, 0) is 95.9 Å². The van der Waals surface area contributed by atoms with Gasteiger partial charge in [0.05, 0.1) is 10.2 Å². The topological polar surface area (TPSA) is 9.23 Å². The second-order valence-electron chi connectivity index (χ2n) is 7.30. The maximum absolute atomic E-state index is 14.5. The third-order valence-electron chi connectivity index (χ3n) is 5.58. The predicted octanol–water partition coefficient (Wildman–Crippen LogP) is 7.57. The van der Waals surface area contributed by atoms with Gasteiger partial charge in [-0.1, -0.05) is 44.0 Å². The van der Waals surface area contributed by atoms with Crippen molar-refractivity contribution in [3.8, 4) is 16.9 Å². The molecule has 0 heterocycles. The van der Waals surface area contributed by atoms with Crippen molar-refractivity contribution in [1.29, 1.82) is 0 Å². The van der Waals surface area contributed by atoms with Crippen molar-refractivity contribution in [3.05, 3.63) is 51.3 Å². The van der Waals surface area contributed by atoms with Crippen LogP contribution in [0, 0.1) is 15.3 Å². The molecule has 0 atom stereocenters. The summed E-state index contributed by atoms with van der Waals surface area (Å²) in [5.41, 5.74) is 3.44. The fraction of sp³-hybridized carbons (Fsp3) is 0.478. The van der Waals surface area contributed by atoms with Crippen LogP contribution in [0.3, 0.4) is 0 Å². The molecule has 0 bridgehead atoms. The van der Waals surface area contributed by atoms with Gasteiger partial charge in [-0.2, -0.15) is 0 Å². The van der Waals surface area contributed by atoms with Crippen molar-refractivity contribution >= 4 is 22.6 Å². The highest BCUT2D eigenvalue weighted by atomic mass is 127. The number of hydrogen-bond donors (Lipinski definition) is 0. The molecule has 1 aliphatic rings. The normalized spacial score (nSPS) is 20.2. The van der Waals surface area contributed by atoms with Crippen LogP contribution in [0.2, 0.25) is 0 Å². The van der Waals surface area contributed by atoms with Crippen LogP contribution in [0.4, 0.5) is 4.39 Å². The number of ether oxygens (including phenoxy) is 1. The van der Waals surface area contributed by atoms with Crippen molar-refractivity contribution in [1.82, 2.24) is 0 Å². The van der Waals surface area contributed by atoms with Gasteiger partial charge in [0, 0.05) is 0 Å². The van der Waals surface area contributed by atoms with Crippen molar-refractivity contribution in [2.45, 2.75) is 58.3 Å². The Labute approximate surface area is 170 Å². The first-order valence-corrected chi connectivity index (χ1v) is 10.9.